The van der Waals surface area contributed by atoms with E-state index in [1.165, 1.54) is 32.1 Å². The van der Waals surface area contributed by atoms with Crippen LogP contribution in [0.25, 0.3) is 0 Å². The van der Waals surface area contributed by atoms with Crippen molar-refractivity contribution in [1.29, 1.82) is 0 Å². The van der Waals surface area contributed by atoms with Gasteiger partial charge in [-0.15, -0.1) is 5.10 Å². The lowest BCUT2D eigenvalue weighted by atomic mass is 9.78. The molecule has 2 fully saturated rings. The zero-order valence-electron chi connectivity index (χ0n) is 13.0. The van der Waals surface area contributed by atoms with Gasteiger partial charge in [-0.1, -0.05) is 24.5 Å². The third kappa shape index (κ3) is 3.64. The highest BCUT2D eigenvalue weighted by Crippen LogP contribution is 2.41. The van der Waals surface area contributed by atoms with Crippen LogP contribution in [0.4, 0.5) is 0 Å². The molecular weight excluding hydrogens is 264 g/mol. The predicted molar refractivity (Wildman–Crippen MR) is 82.1 cm³/mol. The van der Waals surface area contributed by atoms with Crippen molar-refractivity contribution in [1.82, 2.24) is 15.0 Å². The maximum atomic E-state index is 6.17. The first kappa shape index (κ1) is 15.0. The first-order valence-corrected chi connectivity index (χ1v) is 8.56. The Bertz CT molecular complexity index is 434. The predicted octanol–water partition coefficient (Wildman–Crippen LogP) is 2.61. The first-order chi connectivity index (χ1) is 10.3. The zero-order chi connectivity index (χ0) is 14.5. The third-order valence-electron chi connectivity index (χ3n) is 5.05. The molecule has 2 N–H and O–H groups in total. The maximum absolute atomic E-state index is 6.17. The van der Waals surface area contributed by atoms with Crippen molar-refractivity contribution in [3.8, 4) is 0 Å². The van der Waals surface area contributed by atoms with Crippen molar-refractivity contribution >= 4 is 0 Å². The molecule has 0 radical (unpaired) electrons. The van der Waals surface area contributed by atoms with Gasteiger partial charge in [0, 0.05) is 12.8 Å². The Morgan fingerprint density at radius 3 is 2.95 bits per heavy atom. The van der Waals surface area contributed by atoms with Crippen LogP contribution in [0.2, 0.25) is 0 Å². The summed E-state index contributed by atoms with van der Waals surface area (Å²) in [6.45, 7) is 1.63. The monoisotopic (exact) mass is 292 g/mol. The van der Waals surface area contributed by atoms with Crippen LogP contribution in [-0.2, 0) is 11.2 Å². The van der Waals surface area contributed by atoms with Crippen LogP contribution >= 0.6 is 0 Å². The van der Waals surface area contributed by atoms with Gasteiger partial charge in [-0.3, -0.25) is 0 Å². The van der Waals surface area contributed by atoms with Crippen LogP contribution in [0.5, 0.6) is 0 Å². The number of unbranched alkanes of at least 4 members (excludes halogenated alkanes) is 1. The summed E-state index contributed by atoms with van der Waals surface area (Å²) in [7, 11) is 0. The van der Waals surface area contributed by atoms with Gasteiger partial charge >= 0.3 is 0 Å². The summed E-state index contributed by atoms with van der Waals surface area (Å²) in [5.74, 6) is 0. The highest BCUT2D eigenvalue weighted by molar-refractivity contribution is 4.97. The van der Waals surface area contributed by atoms with E-state index in [9.17, 15) is 0 Å². The van der Waals surface area contributed by atoms with Crippen molar-refractivity contribution < 1.29 is 4.74 Å². The molecule has 21 heavy (non-hydrogen) atoms. The molecule has 5 nitrogen and oxygen atoms in total. The Balaban J connectivity index is 1.60. The van der Waals surface area contributed by atoms with Crippen LogP contribution < -0.4 is 5.73 Å². The van der Waals surface area contributed by atoms with E-state index in [4.69, 9.17) is 10.5 Å². The van der Waals surface area contributed by atoms with Gasteiger partial charge in [0.15, 0.2) is 0 Å². The van der Waals surface area contributed by atoms with Crippen molar-refractivity contribution in [2.24, 2.45) is 5.73 Å². The van der Waals surface area contributed by atoms with Gasteiger partial charge in [0.05, 0.1) is 17.3 Å². The van der Waals surface area contributed by atoms with Crippen molar-refractivity contribution in [2.75, 3.05) is 13.2 Å². The number of aryl methyl sites for hydroxylation is 1. The summed E-state index contributed by atoms with van der Waals surface area (Å²) in [6, 6.07) is 0.465. The second kappa shape index (κ2) is 6.88. The minimum atomic E-state index is 0.132. The van der Waals surface area contributed by atoms with Gasteiger partial charge < -0.3 is 10.5 Å². The number of nitrogens with two attached hydrogens (primary N) is 1. The molecule has 1 atom stereocenters. The minimum absolute atomic E-state index is 0.132. The van der Waals surface area contributed by atoms with Crippen LogP contribution in [0.15, 0.2) is 6.20 Å². The molecule has 1 saturated carbocycles. The average Bonchev–Trinajstić information content (AvgIpc) is 2.97. The lowest BCUT2D eigenvalue weighted by molar-refractivity contribution is -0.115. The molecule has 0 amide bonds. The molecule has 5 heteroatoms. The number of hydrogen-bond acceptors (Lipinski definition) is 4. The lowest BCUT2D eigenvalue weighted by Crippen LogP contribution is -2.42. The standard InChI is InChI=1S/C16H28N4O/c17-10-5-2-6-14-13-20(19-18-14)15-7-11-21-16(12-15)8-3-1-4-9-16/h13,15H,1-12,17H2. The summed E-state index contributed by atoms with van der Waals surface area (Å²) in [6.07, 6.45) is 13.9. The fourth-order valence-corrected chi connectivity index (χ4v) is 3.83. The first-order valence-electron chi connectivity index (χ1n) is 8.56. The average molecular weight is 292 g/mol. The van der Waals surface area contributed by atoms with Gasteiger partial charge in [0.1, 0.15) is 0 Å². The van der Waals surface area contributed by atoms with Gasteiger partial charge in [-0.25, -0.2) is 4.68 Å². The Hall–Kier alpha value is -0.940. The van der Waals surface area contributed by atoms with E-state index in [0.29, 0.717) is 6.04 Å². The Kier molecular flexibility index (Phi) is 4.91. The van der Waals surface area contributed by atoms with Crippen molar-refractivity contribution in [3.05, 3.63) is 11.9 Å². The Morgan fingerprint density at radius 2 is 2.14 bits per heavy atom. The number of ether oxygens (including phenoxy) is 1. The van der Waals surface area contributed by atoms with Crippen LogP contribution in [-0.4, -0.2) is 33.7 Å². The molecule has 1 aromatic heterocycles. The minimum Gasteiger partial charge on any atom is -0.375 e. The van der Waals surface area contributed by atoms with Crippen LogP contribution in [0, 0.1) is 0 Å². The molecule has 2 aliphatic rings. The lowest BCUT2D eigenvalue weighted by Gasteiger charge is -2.43. The molecular formula is C16H28N4O. The fourth-order valence-electron chi connectivity index (χ4n) is 3.83. The summed E-state index contributed by atoms with van der Waals surface area (Å²) < 4.78 is 8.26. The highest BCUT2D eigenvalue weighted by atomic mass is 16.5. The molecule has 1 unspecified atom stereocenters. The van der Waals surface area contributed by atoms with E-state index in [2.05, 4.69) is 21.2 Å². The molecule has 118 valence electrons. The van der Waals surface area contributed by atoms with E-state index in [1.807, 2.05) is 0 Å². The normalized spacial score (nSPS) is 25.3. The van der Waals surface area contributed by atoms with Crippen molar-refractivity contribution in [2.45, 2.75) is 75.9 Å². The molecule has 0 bridgehead atoms. The molecule has 1 aliphatic carbocycles. The zero-order valence-corrected chi connectivity index (χ0v) is 13.0. The molecule has 1 aliphatic heterocycles. The highest BCUT2D eigenvalue weighted by Gasteiger charge is 2.39. The second-order valence-corrected chi connectivity index (χ2v) is 6.67. The third-order valence-corrected chi connectivity index (χ3v) is 5.05. The van der Waals surface area contributed by atoms with Gasteiger partial charge in [-0.05, 0) is 51.5 Å². The fraction of sp³-hybridized carbons (Fsp3) is 0.875. The number of aromatic nitrogens is 3. The topological polar surface area (TPSA) is 66.0 Å². The summed E-state index contributed by atoms with van der Waals surface area (Å²) in [5, 5.41) is 8.70. The molecule has 0 aromatic carbocycles. The largest absolute Gasteiger partial charge is 0.375 e. The second-order valence-electron chi connectivity index (χ2n) is 6.67. The van der Waals surface area contributed by atoms with Crippen molar-refractivity contribution in [3.63, 3.8) is 0 Å². The molecule has 1 spiro atoms. The quantitative estimate of drug-likeness (QED) is 0.847. The summed E-state index contributed by atoms with van der Waals surface area (Å²) >= 11 is 0. The smallest absolute Gasteiger partial charge is 0.0827 e. The van der Waals surface area contributed by atoms with Gasteiger partial charge in [0.25, 0.3) is 0 Å². The molecule has 2 heterocycles. The SMILES string of the molecule is NCCCCc1cn(C2CCOC3(CCCCC3)C2)nn1. The number of nitrogens with zero attached hydrogens (tertiary/aromatic N) is 3. The summed E-state index contributed by atoms with van der Waals surface area (Å²) in [5.41, 5.74) is 6.77. The van der Waals surface area contributed by atoms with Gasteiger partial charge in [0.2, 0.25) is 0 Å². The van der Waals surface area contributed by atoms with Crippen LogP contribution in [0.3, 0.4) is 0 Å². The van der Waals surface area contributed by atoms with Gasteiger partial charge in [-0.2, -0.15) is 0 Å². The van der Waals surface area contributed by atoms with E-state index >= 15 is 0 Å². The van der Waals surface area contributed by atoms with E-state index in [-0.39, 0.29) is 5.60 Å². The summed E-state index contributed by atoms with van der Waals surface area (Å²) in [4.78, 5) is 0. The molecule has 1 aromatic rings. The Morgan fingerprint density at radius 1 is 1.29 bits per heavy atom. The molecule has 1 saturated heterocycles. The van der Waals surface area contributed by atoms with E-state index < -0.39 is 0 Å². The van der Waals surface area contributed by atoms with Crippen LogP contribution in [0.1, 0.15) is 69.5 Å². The molecule has 3 rings (SSSR count). The number of rotatable bonds is 5. The number of hydrogen-bond donors (Lipinski definition) is 1. The van der Waals surface area contributed by atoms with E-state index in [1.54, 1.807) is 0 Å². The maximum Gasteiger partial charge on any atom is 0.0827 e. The van der Waals surface area contributed by atoms with E-state index in [0.717, 1.165) is 50.9 Å². The Labute approximate surface area is 127 Å².